The van der Waals surface area contributed by atoms with Crippen molar-refractivity contribution in [1.29, 1.82) is 5.26 Å². The van der Waals surface area contributed by atoms with Gasteiger partial charge in [-0.2, -0.15) is 5.26 Å². The molecule has 0 aliphatic rings. The van der Waals surface area contributed by atoms with Gasteiger partial charge in [0.2, 0.25) is 0 Å². The molecule has 1 heterocycles. The highest BCUT2D eigenvalue weighted by molar-refractivity contribution is 5.44. The van der Waals surface area contributed by atoms with Gasteiger partial charge in [-0.3, -0.25) is 0 Å². The highest BCUT2D eigenvalue weighted by Gasteiger charge is 2.02. The Morgan fingerprint density at radius 2 is 2.15 bits per heavy atom. The maximum atomic E-state index is 8.69. The standard InChI is InChI=1S/C10H13N3/c1-3-13(4-2)10-7-9(8-11)5-6-12-10/h5-7H,3-4H2,1-2H3. The molecule has 0 unspecified atom stereocenters. The fourth-order valence-corrected chi connectivity index (χ4v) is 1.21. The molecule has 1 aromatic rings. The summed E-state index contributed by atoms with van der Waals surface area (Å²) in [6, 6.07) is 5.63. The largest absolute Gasteiger partial charge is 0.357 e. The second kappa shape index (κ2) is 4.46. The van der Waals surface area contributed by atoms with Crippen molar-refractivity contribution in [2.45, 2.75) is 13.8 Å². The predicted octanol–water partition coefficient (Wildman–Crippen LogP) is 1.80. The number of nitrogens with zero attached hydrogens (tertiary/aromatic N) is 3. The summed E-state index contributed by atoms with van der Waals surface area (Å²) < 4.78 is 0. The van der Waals surface area contributed by atoms with E-state index < -0.39 is 0 Å². The Bertz CT molecular complexity index is 310. The van der Waals surface area contributed by atoms with Gasteiger partial charge in [0.05, 0.1) is 11.6 Å². The second-order valence-electron chi connectivity index (χ2n) is 2.69. The third kappa shape index (κ3) is 2.19. The molecule has 0 aromatic carbocycles. The Balaban J connectivity index is 2.94. The summed E-state index contributed by atoms with van der Waals surface area (Å²) in [4.78, 5) is 6.32. The van der Waals surface area contributed by atoms with E-state index >= 15 is 0 Å². The first-order valence-corrected chi connectivity index (χ1v) is 4.43. The lowest BCUT2D eigenvalue weighted by atomic mass is 10.3. The second-order valence-corrected chi connectivity index (χ2v) is 2.69. The molecule has 0 fully saturated rings. The molecule has 13 heavy (non-hydrogen) atoms. The lowest BCUT2D eigenvalue weighted by Gasteiger charge is -2.19. The average molecular weight is 175 g/mol. The Labute approximate surface area is 78.6 Å². The van der Waals surface area contributed by atoms with Gasteiger partial charge in [0.25, 0.3) is 0 Å². The van der Waals surface area contributed by atoms with Gasteiger partial charge in [-0.05, 0) is 26.0 Å². The summed E-state index contributed by atoms with van der Waals surface area (Å²) in [5.74, 6) is 0.879. The normalized spacial score (nSPS) is 9.31. The Morgan fingerprint density at radius 1 is 1.46 bits per heavy atom. The summed E-state index contributed by atoms with van der Waals surface area (Å²) in [5, 5.41) is 8.69. The molecule has 3 heteroatoms. The summed E-state index contributed by atoms with van der Waals surface area (Å²) in [7, 11) is 0. The molecule has 0 saturated carbocycles. The van der Waals surface area contributed by atoms with Crippen LogP contribution in [0.25, 0.3) is 0 Å². The first kappa shape index (κ1) is 9.53. The van der Waals surface area contributed by atoms with Gasteiger partial charge in [0.15, 0.2) is 0 Å². The zero-order valence-electron chi connectivity index (χ0n) is 7.99. The zero-order valence-corrected chi connectivity index (χ0v) is 7.99. The van der Waals surface area contributed by atoms with Gasteiger partial charge in [-0.15, -0.1) is 0 Å². The van der Waals surface area contributed by atoms with Crippen molar-refractivity contribution in [3.63, 3.8) is 0 Å². The van der Waals surface area contributed by atoms with Crippen molar-refractivity contribution in [3.05, 3.63) is 23.9 Å². The first-order valence-electron chi connectivity index (χ1n) is 4.43. The maximum absolute atomic E-state index is 8.69. The molecule has 0 saturated heterocycles. The molecule has 1 aromatic heterocycles. The van der Waals surface area contributed by atoms with E-state index in [1.54, 1.807) is 12.3 Å². The highest BCUT2D eigenvalue weighted by Crippen LogP contribution is 2.10. The topological polar surface area (TPSA) is 39.9 Å². The molecular weight excluding hydrogens is 162 g/mol. The van der Waals surface area contributed by atoms with E-state index in [-0.39, 0.29) is 0 Å². The lowest BCUT2D eigenvalue weighted by molar-refractivity contribution is 0.846. The quantitative estimate of drug-likeness (QED) is 0.703. The summed E-state index contributed by atoms with van der Waals surface area (Å²) in [6.45, 7) is 5.98. The number of hydrogen-bond donors (Lipinski definition) is 0. The van der Waals surface area contributed by atoms with Crippen LogP contribution in [0.4, 0.5) is 5.82 Å². The highest BCUT2D eigenvalue weighted by atomic mass is 15.2. The van der Waals surface area contributed by atoms with Crippen LogP contribution in [0, 0.1) is 11.3 Å². The first-order chi connectivity index (χ1) is 6.31. The predicted molar refractivity (Wildman–Crippen MR) is 52.5 cm³/mol. The van der Waals surface area contributed by atoms with Crippen molar-refractivity contribution < 1.29 is 0 Å². The zero-order chi connectivity index (χ0) is 9.68. The number of nitriles is 1. The minimum Gasteiger partial charge on any atom is -0.357 e. The molecule has 0 aliphatic heterocycles. The molecule has 0 radical (unpaired) electrons. The van der Waals surface area contributed by atoms with Crippen molar-refractivity contribution in [1.82, 2.24) is 4.98 Å². The van der Waals surface area contributed by atoms with E-state index in [2.05, 4.69) is 29.8 Å². The minimum absolute atomic E-state index is 0.664. The van der Waals surface area contributed by atoms with Gasteiger partial charge in [0.1, 0.15) is 5.82 Å². The number of hydrogen-bond acceptors (Lipinski definition) is 3. The molecule has 0 atom stereocenters. The van der Waals surface area contributed by atoms with Crippen molar-refractivity contribution in [2.75, 3.05) is 18.0 Å². The van der Waals surface area contributed by atoms with E-state index in [0.717, 1.165) is 18.9 Å². The SMILES string of the molecule is CCN(CC)c1cc(C#N)ccn1. The van der Waals surface area contributed by atoms with E-state index in [0.29, 0.717) is 5.56 Å². The van der Waals surface area contributed by atoms with E-state index in [9.17, 15) is 0 Å². The van der Waals surface area contributed by atoms with Crippen LogP contribution in [0.1, 0.15) is 19.4 Å². The van der Waals surface area contributed by atoms with Gasteiger partial charge in [-0.1, -0.05) is 0 Å². The number of aromatic nitrogens is 1. The summed E-state index contributed by atoms with van der Waals surface area (Å²) in [5.41, 5.74) is 0.664. The minimum atomic E-state index is 0.664. The fourth-order valence-electron chi connectivity index (χ4n) is 1.21. The molecule has 1 rings (SSSR count). The van der Waals surface area contributed by atoms with E-state index in [1.807, 2.05) is 6.07 Å². The molecule has 0 bridgehead atoms. The van der Waals surface area contributed by atoms with Gasteiger partial charge < -0.3 is 4.90 Å². The Kier molecular flexibility index (Phi) is 3.27. The Hall–Kier alpha value is -1.56. The van der Waals surface area contributed by atoms with Crippen LogP contribution in [-0.4, -0.2) is 18.1 Å². The average Bonchev–Trinajstić information content (AvgIpc) is 2.20. The van der Waals surface area contributed by atoms with Crippen LogP contribution in [-0.2, 0) is 0 Å². The van der Waals surface area contributed by atoms with Crippen molar-refractivity contribution in [3.8, 4) is 6.07 Å². The van der Waals surface area contributed by atoms with Gasteiger partial charge >= 0.3 is 0 Å². The van der Waals surface area contributed by atoms with Crippen LogP contribution in [0.2, 0.25) is 0 Å². The van der Waals surface area contributed by atoms with Crippen LogP contribution in [0.5, 0.6) is 0 Å². The molecule has 3 nitrogen and oxygen atoms in total. The number of pyridine rings is 1. The van der Waals surface area contributed by atoms with Gasteiger partial charge in [-0.25, -0.2) is 4.98 Å². The van der Waals surface area contributed by atoms with Crippen LogP contribution in [0.3, 0.4) is 0 Å². The van der Waals surface area contributed by atoms with Crippen LogP contribution >= 0.6 is 0 Å². The van der Waals surface area contributed by atoms with Gasteiger partial charge in [0, 0.05) is 19.3 Å². The van der Waals surface area contributed by atoms with Crippen molar-refractivity contribution in [2.24, 2.45) is 0 Å². The van der Waals surface area contributed by atoms with Crippen LogP contribution in [0.15, 0.2) is 18.3 Å². The third-order valence-corrected chi connectivity index (χ3v) is 1.96. The Morgan fingerprint density at radius 3 is 2.69 bits per heavy atom. The lowest BCUT2D eigenvalue weighted by Crippen LogP contribution is -2.22. The van der Waals surface area contributed by atoms with Crippen molar-refractivity contribution >= 4 is 5.82 Å². The molecule has 0 spiro atoms. The maximum Gasteiger partial charge on any atom is 0.129 e. The third-order valence-electron chi connectivity index (χ3n) is 1.96. The summed E-state index contributed by atoms with van der Waals surface area (Å²) in [6.07, 6.45) is 1.67. The molecule has 0 aliphatic carbocycles. The van der Waals surface area contributed by atoms with Crippen LogP contribution < -0.4 is 4.90 Å². The molecule has 0 N–H and O–H groups in total. The summed E-state index contributed by atoms with van der Waals surface area (Å²) >= 11 is 0. The van der Waals surface area contributed by atoms with E-state index in [1.165, 1.54) is 0 Å². The fraction of sp³-hybridized carbons (Fsp3) is 0.400. The monoisotopic (exact) mass is 175 g/mol. The smallest absolute Gasteiger partial charge is 0.129 e. The van der Waals surface area contributed by atoms with E-state index in [4.69, 9.17) is 5.26 Å². The number of anilines is 1. The number of rotatable bonds is 3. The molecule has 68 valence electrons. The molecule has 0 amide bonds. The molecular formula is C10H13N3.